The van der Waals surface area contributed by atoms with Crippen LogP contribution in [0.2, 0.25) is 0 Å². The quantitative estimate of drug-likeness (QED) is 0.747. The summed E-state index contributed by atoms with van der Waals surface area (Å²) in [4.78, 5) is 5.63. The van der Waals surface area contributed by atoms with Crippen molar-refractivity contribution < 1.29 is 13.2 Å². The van der Waals surface area contributed by atoms with Crippen LogP contribution in [0.15, 0.2) is 64.5 Å². The second kappa shape index (κ2) is 6.67. The molecule has 24 heavy (non-hydrogen) atoms. The summed E-state index contributed by atoms with van der Waals surface area (Å²) >= 11 is 0. The van der Waals surface area contributed by atoms with Gasteiger partial charge in [0.15, 0.2) is 0 Å². The van der Waals surface area contributed by atoms with Crippen molar-refractivity contribution in [3.05, 3.63) is 54.7 Å². The van der Waals surface area contributed by atoms with Gasteiger partial charge in [0.1, 0.15) is 12.4 Å². The van der Waals surface area contributed by atoms with E-state index in [1.54, 1.807) is 36.4 Å². The van der Waals surface area contributed by atoms with E-state index in [0.717, 1.165) is 6.54 Å². The van der Waals surface area contributed by atoms with Gasteiger partial charge in [-0.1, -0.05) is 30.3 Å². The largest absolute Gasteiger partial charge is 0.490 e. The molecule has 1 aromatic heterocycles. The van der Waals surface area contributed by atoms with Crippen molar-refractivity contribution in [1.29, 1.82) is 0 Å². The number of hydrogen-bond acceptors (Lipinski definition) is 4. The first kappa shape index (κ1) is 16.5. The van der Waals surface area contributed by atoms with E-state index < -0.39 is 9.84 Å². The van der Waals surface area contributed by atoms with Gasteiger partial charge >= 0.3 is 0 Å². The Bertz CT molecular complexity index is 931. The topological polar surface area (TPSA) is 62.4 Å². The van der Waals surface area contributed by atoms with Crippen LogP contribution in [-0.2, 0) is 9.84 Å². The zero-order valence-corrected chi connectivity index (χ0v) is 14.5. The predicted octanol–water partition coefficient (Wildman–Crippen LogP) is 2.94. The maximum absolute atomic E-state index is 12.9. The number of hydrogen-bond donors (Lipinski definition) is 1. The van der Waals surface area contributed by atoms with E-state index in [4.69, 9.17) is 4.74 Å². The fourth-order valence-corrected chi connectivity index (χ4v) is 3.95. The van der Waals surface area contributed by atoms with Crippen molar-refractivity contribution in [3.63, 3.8) is 0 Å². The lowest BCUT2D eigenvalue weighted by Gasteiger charge is -2.11. The monoisotopic (exact) mass is 344 g/mol. The number of nitrogens with zero attached hydrogens (tertiary/aromatic N) is 1. The Balaban J connectivity index is 2.00. The Morgan fingerprint density at radius 3 is 2.50 bits per heavy atom. The lowest BCUT2D eigenvalue weighted by molar-refractivity contribution is 0.263. The molecule has 0 aliphatic heterocycles. The maximum atomic E-state index is 12.9. The van der Waals surface area contributed by atoms with Gasteiger partial charge in [0.2, 0.25) is 9.84 Å². The Hall–Kier alpha value is -2.31. The number of sulfone groups is 1. The molecule has 3 rings (SSSR count). The zero-order chi connectivity index (χ0) is 17.2. The van der Waals surface area contributed by atoms with Gasteiger partial charge in [0.25, 0.3) is 0 Å². The van der Waals surface area contributed by atoms with Crippen LogP contribution in [0.4, 0.5) is 0 Å². The number of fused-ring (bicyclic) bond motifs is 1. The van der Waals surface area contributed by atoms with Gasteiger partial charge in [-0.3, -0.25) is 0 Å². The Morgan fingerprint density at radius 2 is 1.79 bits per heavy atom. The average molecular weight is 344 g/mol. The van der Waals surface area contributed by atoms with Gasteiger partial charge in [-0.05, 0) is 32.3 Å². The summed E-state index contributed by atoms with van der Waals surface area (Å²) in [5, 5.41) is 0.640. The van der Waals surface area contributed by atoms with Gasteiger partial charge in [-0.25, -0.2) is 8.42 Å². The molecule has 0 bridgehead atoms. The van der Waals surface area contributed by atoms with Crippen LogP contribution >= 0.6 is 0 Å². The number of para-hydroxylation sites is 1. The van der Waals surface area contributed by atoms with E-state index in [-0.39, 0.29) is 9.79 Å². The van der Waals surface area contributed by atoms with Gasteiger partial charge < -0.3 is 14.6 Å². The summed E-state index contributed by atoms with van der Waals surface area (Å²) in [5.74, 6) is 0.656. The van der Waals surface area contributed by atoms with E-state index in [1.807, 2.05) is 31.1 Å². The molecule has 0 unspecified atom stereocenters. The SMILES string of the molecule is CN(C)CCOc1cccc2c(S(=O)(=O)c3ccccc3)c[nH]c12. The summed E-state index contributed by atoms with van der Waals surface area (Å²) in [6.45, 7) is 1.32. The van der Waals surface area contributed by atoms with Crippen LogP contribution in [0.25, 0.3) is 10.9 Å². The third-order valence-corrected chi connectivity index (χ3v) is 5.59. The molecule has 126 valence electrons. The maximum Gasteiger partial charge on any atom is 0.208 e. The molecule has 0 spiro atoms. The third-order valence-electron chi connectivity index (χ3n) is 3.78. The second-order valence-corrected chi connectivity index (χ2v) is 7.72. The first-order valence-corrected chi connectivity index (χ1v) is 9.16. The number of aromatic nitrogens is 1. The number of rotatable bonds is 6. The fraction of sp³-hybridized carbons (Fsp3) is 0.222. The minimum Gasteiger partial charge on any atom is -0.490 e. The van der Waals surface area contributed by atoms with Gasteiger partial charge in [-0.2, -0.15) is 0 Å². The Kier molecular flexibility index (Phi) is 4.59. The number of benzene rings is 2. The van der Waals surface area contributed by atoms with Crippen molar-refractivity contribution in [3.8, 4) is 5.75 Å². The van der Waals surface area contributed by atoms with Crippen LogP contribution in [0, 0.1) is 0 Å². The molecule has 5 nitrogen and oxygen atoms in total. The lowest BCUT2D eigenvalue weighted by Crippen LogP contribution is -2.19. The Morgan fingerprint density at radius 1 is 1.04 bits per heavy atom. The highest BCUT2D eigenvalue weighted by Crippen LogP contribution is 2.32. The summed E-state index contributed by atoms with van der Waals surface area (Å²) in [6.07, 6.45) is 1.53. The van der Waals surface area contributed by atoms with E-state index >= 15 is 0 Å². The molecule has 6 heteroatoms. The van der Waals surface area contributed by atoms with Crippen molar-refractivity contribution in [2.45, 2.75) is 9.79 Å². The van der Waals surface area contributed by atoms with Crippen LogP contribution in [0.3, 0.4) is 0 Å². The molecule has 2 aromatic carbocycles. The fourth-order valence-electron chi connectivity index (χ4n) is 2.51. The smallest absolute Gasteiger partial charge is 0.208 e. The molecule has 0 aliphatic rings. The van der Waals surface area contributed by atoms with Gasteiger partial charge in [0.05, 0.1) is 15.3 Å². The molecule has 0 amide bonds. The first-order chi connectivity index (χ1) is 11.5. The lowest BCUT2D eigenvalue weighted by atomic mass is 10.2. The number of nitrogens with one attached hydrogen (secondary N) is 1. The molecule has 0 aliphatic carbocycles. The Labute approximate surface area is 141 Å². The molecule has 0 saturated heterocycles. The minimum atomic E-state index is -3.57. The number of H-pyrrole nitrogens is 1. The van der Waals surface area contributed by atoms with Crippen molar-refractivity contribution in [1.82, 2.24) is 9.88 Å². The van der Waals surface area contributed by atoms with Gasteiger partial charge in [-0.15, -0.1) is 0 Å². The molecule has 1 heterocycles. The van der Waals surface area contributed by atoms with Crippen LogP contribution in [0.5, 0.6) is 5.75 Å². The summed E-state index contributed by atoms with van der Waals surface area (Å²) in [7, 11) is 0.383. The highest BCUT2D eigenvalue weighted by Gasteiger charge is 2.22. The molecular formula is C18H20N2O3S. The van der Waals surface area contributed by atoms with Crippen molar-refractivity contribution in [2.24, 2.45) is 0 Å². The molecule has 0 atom stereocenters. The summed E-state index contributed by atoms with van der Waals surface area (Å²) in [5.41, 5.74) is 0.700. The van der Waals surface area contributed by atoms with E-state index in [1.165, 1.54) is 6.20 Å². The predicted molar refractivity (Wildman–Crippen MR) is 94.2 cm³/mol. The third kappa shape index (κ3) is 3.16. The average Bonchev–Trinajstić information content (AvgIpc) is 3.01. The first-order valence-electron chi connectivity index (χ1n) is 7.68. The van der Waals surface area contributed by atoms with E-state index in [0.29, 0.717) is 23.3 Å². The molecule has 3 aromatic rings. The van der Waals surface area contributed by atoms with Crippen LogP contribution in [-0.4, -0.2) is 45.5 Å². The zero-order valence-electron chi connectivity index (χ0n) is 13.7. The highest BCUT2D eigenvalue weighted by atomic mass is 32.2. The van der Waals surface area contributed by atoms with Crippen LogP contribution < -0.4 is 4.74 Å². The minimum absolute atomic E-state index is 0.266. The van der Waals surface area contributed by atoms with Crippen molar-refractivity contribution >= 4 is 20.7 Å². The molecular weight excluding hydrogens is 324 g/mol. The summed E-state index contributed by atoms with van der Waals surface area (Å²) in [6, 6.07) is 13.9. The van der Waals surface area contributed by atoms with Crippen molar-refractivity contribution in [2.75, 3.05) is 27.2 Å². The number of aromatic amines is 1. The van der Waals surface area contributed by atoms with E-state index in [2.05, 4.69) is 4.98 Å². The van der Waals surface area contributed by atoms with E-state index in [9.17, 15) is 8.42 Å². The second-order valence-electron chi connectivity index (χ2n) is 5.80. The molecule has 0 radical (unpaired) electrons. The van der Waals surface area contributed by atoms with Crippen LogP contribution in [0.1, 0.15) is 0 Å². The standard InChI is InChI=1S/C18H20N2O3S/c1-20(2)11-12-23-16-10-6-9-15-17(13-19-18(15)16)24(21,22)14-7-4-3-5-8-14/h3-10,13,19H,11-12H2,1-2H3. The number of ether oxygens (including phenoxy) is 1. The highest BCUT2D eigenvalue weighted by molar-refractivity contribution is 7.91. The van der Waals surface area contributed by atoms with Gasteiger partial charge in [0, 0.05) is 18.1 Å². The number of likely N-dealkylation sites (N-methyl/N-ethyl adjacent to an activating group) is 1. The normalized spacial score (nSPS) is 12.0. The molecule has 1 N–H and O–H groups in total. The summed E-state index contributed by atoms with van der Waals surface area (Å²) < 4.78 is 31.5. The molecule has 0 fully saturated rings. The molecule has 0 saturated carbocycles.